The van der Waals surface area contributed by atoms with Gasteiger partial charge in [0.25, 0.3) is 9.85 Å². The lowest BCUT2D eigenvalue weighted by Crippen LogP contribution is -1.79. The normalized spacial score (nSPS) is 9.75. The molecule has 0 aliphatic heterocycles. The molecule has 0 nitrogen and oxygen atoms in total. The summed E-state index contributed by atoms with van der Waals surface area (Å²) in [6, 6.07) is 0.792. The average Bonchev–Trinajstić information content (AvgIpc) is 1.81. The summed E-state index contributed by atoms with van der Waals surface area (Å²) in [5.41, 5.74) is 0. The van der Waals surface area contributed by atoms with Crippen molar-refractivity contribution in [3.63, 3.8) is 0 Å². The van der Waals surface area contributed by atoms with Crippen LogP contribution in [0.3, 0.4) is 0 Å². The van der Waals surface area contributed by atoms with Gasteiger partial charge < -0.3 is 4.11 Å². The van der Waals surface area contributed by atoms with Gasteiger partial charge in [0.1, 0.15) is 0 Å². The molecule has 0 aromatic heterocycles. The summed E-state index contributed by atoms with van der Waals surface area (Å²) < 4.78 is 11.4. The van der Waals surface area contributed by atoms with Gasteiger partial charge in [-0.05, 0) is 6.04 Å². The first-order valence-corrected chi connectivity index (χ1v) is 4.33. The first-order chi connectivity index (χ1) is 3.91. The molecule has 0 bridgehead atoms. The maximum Gasteiger partial charge on any atom is 0.294 e. The highest BCUT2D eigenvalue weighted by atomic mass is 28.3. The Morgan fingerprint density at radius 3 is 2.50 bits per heavy atom. The van der Waals surface area contributed by atoms with Gasteiger partial charge >= 0.3 is 0 Å². The first kappa shape index (κ1) is 8.15. The van der Waals surface area contributed by atoms with Crippen LogP contribution in [-0.2, 0) is 0 Å². The van der Waals surface area contributed by atoms with Crippen LogP contribution in [0, 0.1) is 0 Å². The molecule has 0 fully saturated rings. The second kappa shape index (κ2) is 7.15. The second-order valence-corrected chi connectivity index (χ2v) is 2.71. The molecule has 0 rings (SSSR count). The highest BCUT2D eigenvalue weighted by Crippen LogP contribution is 2.01. The van der Waals surface area contributed by atoms with Crippen molar-refractivity contribution in [2.75, 3.05) is 0 Å². The fourth-order valence-corrected chi connectivity index (χ4v) is 1.00. The van der Waals surface area contributed by atoms with E-state index in [2.05, 4.69) is 6.92 Å². The van der Waals surface area contributed by atoms with Crippen LogP contribution >= 0.6 is 0 Å². The molecule has 0 saturated heterocycles. The number of hydrogen-bond acceptors (Lipinski definition) is 0. The Hall–Kier alpha value is 0.147. The van der Waals surface area contributed by atoms with Gasteiger partial charge in [0, 0.05) is 0 Å². The molecular weight excluding hydrogens is 119 g/mol. The van der Waals surface area contributed by atoms with Gasteiger partial charge in [0.2, 0.25) is 0 Å². The summed E-state index contributed by atoms with van der Waals surface area (Å²) >= 11 is 0. The second-order valence-electron chi connectivity index (χ2n) is 1.94. The molecule has 0 N–H and O–H groups in total. The summed E-state index contributed by atoms with van der Waals surface area (Å²) in [5, 5.41) is 0. The Morgan fingerprint density at radius 1 is 1.25 bits per heavy atom. The molecule has 0 atom stereocenters. The minimum Gasteiger partial charge on any atom is -0.315 e. The zero-order valence-electron chi connectivity index (χ0n) is 5.41. The predicted octanol–water partition coefficient (Wildman–Crippen LogP) is 2.57. The molecule has 0 amide bonds. The molecule has 0 spiro atoms. The summed E-state index contributed by atoms with van der Waals surface area (Å²) in [7, 11) is -0.331. The highest BCUT2D eigenvalue weighted by molar-refractivity contribution is 6.25. The molecule has 0 aliphatic carbocycles. The lowest BCUT2D eigenvalue weighted by Gasteiger charge is -1.91. The molecule has 2 heteroatoms. The predicted molar refractivity (Wildman–Crippen MR) is 35.8 cm³/mol. The van der Waals surface area contributed by atoms with E-state index in [9.17, 15) is 4.11 Å². The van der Waals surface area contributed by atoms with Crippen LogP contribution in [0.25, 0.3) is 0 Å². The zero-order chi connectivity index (χ0) is 6.24. The van der Waals surface area contributed by atoms with E-state index < -0.39 is 0 Å². The fraction of sp³-hybridized carbons (Fsp3) is 1.00. The van der Waals surface area contributed by atoms with E-state index in [0.29, 0.717) is 0 Å². The fourth-order valence-electron chi connectivity index (χ4n) is 0.619. The number of halogens is 1. The van der Waals surface area contributed by atoms with E-state index >= 15 is 0 Å². The number of rotatable bonds is 5. The molecular formula is C6H13FSi. The van der Waals surface area contributed by atoms with E-state index in [1.54, 1.807) is 0 Å². The van der Waals surface area contributed by atoms with Gasteiger partial charge in [-0.2, -0.15) is 0 Å². The Balaban J connectivity index is 2.53. The van der Waals surface area contributed by atoms with E-state index in [1.807, 2.05) is 0 Å². The van der Waals surface area contributed by atoms with E-state index in [-0.39, 0.29) is 9.85 Å². The lowest BCUT2D eigenvalue weighted by atomic mass is 10.2. The summed E-state index contributed by atoms with van der Waals surface area (Å²) in [6.45, 7) is 2.16. The summed E-state index contributed by atoms with van der Waals surface area (Å²) in [5.74, 6) is 0. The summed E-state index contributed by atoms with van der Waals surface area (Å²) in [6.07, 6.45) is 4.82. The Labute approximate surface area is 53.5 Å². The van der Waals surface area contributed by atoms with E-state index in [1.165, 1.54) is 19.3 Å². The molecule has 2 radical (unpaired) electrons. The Morgan fingerprint density at radius 2 is 2.00 bits per heavy atom. The molecule has 0 aromatic carbocycles. The number of hydrogen-bond donors (Lipinski definition) is 0. The molecule has 8 heavy (non-hydrogen) atoms. The average molecular weight is 132 g/mol. The van der Waals surface area contributed by atoms with E-state index in [0.717, 1.165) is 12.5 Å². The van der Waals surface area contributed by atoms with Crippen molar-refractivity contribution in [2.45, 2.75) is 38.7 Å². The van der Waals surface area contributed by atoms with Crippen LogP contribution in [0.2, 0.25) is 6.04 Å². The minimum absolute atomic E-state index is 0.331. The Bertz CT molecular complexity index is 33.5. The van der Waals surface area contributed by atoms with Crippen LogP contribution in [0.4, 0.5) is 4.11 Å². The Kier molecular flexibility index (Phi) is 7.28. The van der Waals surface area contributed by atoms with Crippen LogP contribution in [0.15, 0.2) is 0 Å². The lowest BCUT2D eigenvalue weighted by molar-refractivity contribution is 0.691. The molecule has 0 aromatic rings. The van der Waals surface area contributed by atoms with Crippen LogP contribution in [0.1, 0.15) is 32.6 Å². The largest absolute Gasteiger partial charge is 0.315 e. The van der Waals surface area contributed by atoms with Gasteiger partial charge in [-0.15, -0.1) is 0 Å². The van der Waals surface area contributed by atoms with Gasteiger partial charge in [-0.3, -0.25) is 0 Å². The van der Waals surface area contributed by atoms with Crippen LogP contribution in [-0.4, -0.2) is 9.85 Å². The van der Waals surface area contributed by atoms with Gasteiger partial charge in [-0.25, -0.2) is 0 Å². The monoisotopic (exact) mass is 132 g/mol. The van der Waals surface area contributed by atoms with E-state index in [4.69, 9.17) is 0 Å². The van der Waals surface area contributed by atoms with Crippen molar-refractivity contribution in [1.29, 1.82) is 0 Å². The van der Waals surface area contributed by atoms with Crippen molar-refractivity contribution >= 4 is 9.85 Å². The topological polar surface area (TPSA) is 0 Å². The molecule has 0 aliphatic rings. The smallest absolute Gasteiger partial charge is 0.294 e. The van der Waals surface area contributed by atoms with Gasteiger partial charge in [0.15, 0.2) is 0 Å². The maximum atomic E-state index is 11.4. The van der Waals surface area contributed by atoms with Crippen molar-refractivity contribution in [2.24, 2.45) is 0 Å². The molecule has 0 heterocycles. The highest BCUT2D eigenvalue weighted by Gasteiger charge is 1.87. The molecule has 48 valence electrons. The summed E-state index contributed by atoms with van der Waals surface area (Å²) in [4.78, 5) is 0. The van der Waals surface area contributed by atoms with Crippen molar-refractivity contribution in [1.82, 2.24) is 0 Å². The van der Waals surface area contributed by atoms with Crippen LogP contribution in [0.5, 0.6) is 0 Å². The molecule has 0 saturated carbocycles. The van der Waals surface area contributed by atoms with Crippen LogP contribution < -0.4 is 0 Å². The van der Waals surface area contributed by atoms with Crippen molar-refractivity contribution < 1.29 is 4.11 Å². The van der Waals surface area contributed by atoms with Crippen molar-refractivity contribution in [3.05, 3.63) is 0 Å². The minimum atomic E-state index is -0.331. The third-order valence-electron chi connectivity index (χ3n) is 1.12. The molecule has 0 unspecified atom stereocenters. The maximum absolute atomic E-state index is 11.4. The first-order valence-electron chi connectivity index (χ1n) is 3.25. The standard InChI is InChI=1S/C6H13FSi/c1-2-3-4-5-6-8-7/h2-6H2,1H3. The SMILES string of the molecule is CCCCCC[Si]F. The van der Waals surface area contributed by atoms with Crippen molar-refractivity contribution in [3.8, 4) is 0 Å². The third-order valence-corrected chi connectivity index (χ3v) is 1.67. The zero-order valence-corrected chi connectivity index (χ0v) is 6.41. The quantitative estimate of drug-likeness (QED) is 0.306. The third kappa shape index (κ3) is 6.15. The van der Waals surface area contributed by atoms with Gasteiger partial charge in [0.05, 0.1) is 0 Å². The van der Waals surface area contributed by atoms with Gasteiger partial charge in [-0.1, -0.05) is 32.6 Å². The number of unbranched alkanes of at least 4 members (excludes halogenated alkanes) is 3.